The largest absolute Gasteiger partial charge is 0.496 e. The van der Waals surface area contributed by atoms with Gasteiger partial charge >= 0.3 is 0 Å². The number of hydrogen-bond donors (Lipinski definition) is 1. The van der Waals surface area contributed by atoms with Crippen LogP contribution in [0.1, 0.15) is 24.0 Å². The lowest BCUT2D eigenvalue weighted by atomic mass is 10.0. The molecule has 1 atom stereocenters. The fourth-order valence-corrected chi connectivity index (χ4v) is 2.56. The van der Waals surface area contributed by atoms with E-state index in [0.29, 0.717) is 6.04 Å². The highest BCUT2D eigenvalue weighted by Crippen LogP contribution is 2.30. The Morgan fingerprint density at radius 1 is 1.29 bits per heavy atom. The first kappa shape index (κ1) is 12.2. The van der Waals surface area contributed by atoms with Crippen molar-refractivity contribution in [2.75, 3.05) is 25.1 Å². The van der Waals surface area contributed by atoms with Crippen LogP contribution in [0.15, 0.2) is 12.1 Å². The molecule has 1 aliphatic rings. The molecule has 1 saturated heterocycles. The smallest absolute Gasteiger partial charge is 0.122 e. The first-order chi connectivity index (χ1) is 8.11. The zero-order valence-corrected chi connectivity index (χ0v) is 11.0. The first-order valence-electron chi connectivity index (χ1n) is 6.27. The van der Waals surface area contributed by atoms with Crippen molar-refractivity contribution in [3.05, 3.63) is 23.3 Å². The number of piperidine rings is 1. The molecule has 1 aromatic carbocycles. The molecule has 0 amide bonds. The molecule has 94 valence electrons. The minimum atomic E-state index is 0.311. The molecular weight excluding hydrogens is 212 g/mol. The summed E-state index contributed by atoms with van der Waals surface area (Å²) in [6.45, 7) is 6.30. The Morgan fingerprint density at radius 2 is 2.06 bits per heavy atom. The molecule has 3 heteroatoms. The summed E-state index contributed by atoms with van der Waals surface area (Å²) >= 11 is 0. The maximum atomic E-state index is 6.04. The van der Waals surface area contributed by atoms with Gasteiger partial charge < -0.3 is 15.4 Å². The fraction of sp³-hybridized carbons (Fsp3) is 0.571. The molecule has 17 heavy (non-hydrogen) atoms. The highest BCUT2D eigenvalue weighted by atomic mass is 16.5. The predicted molar refractivity (Wildman–Crippen MR) is 71.9 cm³/mol. The Bertz CT molecular complexity index is 403. The highest BCUT2D eigenvalue weighted by Gasteiger charge is 2.19. The Balaban J connectivity index is 2.28. The molecule has 0 spiro atoms. The van der Waals surface area contributed by atoms with Crippen molar-refractivity contribution in [3.63, 3.8) is 0 Å². The van der Waals surface area contributed by atoms with Crippen LogP contribution in [0, 0.1) is 13.8 Å². The van der Waals surface area contributed by atoms with Crippen molar-refractivity contribution in [2.24, 2.45) is 5.73 Å². The number of methoxy groups -OCH3 is 1. The number of benzene rings is 1. The standard InChI is InChI=1S/C14H22N2O/c1-10-8-14(17-3)11(2)7-13(10)16-6-4-5-12(15)9-16/h7-8,12H,4-6,9,15H2,1-3H3. The van der Waals surface area contributed by atoms with Crippen molar-refractivity contribution < 1.29 is 4.74 Å². The van der Waals surface area contributed by atoms with Gasteiger partial charge in [0, 0.05) is 24.8 Å². The van der Waals surface area contributed by atoms with Crippen molar-refractivity contribution in [2.45, 2.75) is 32.7 Å². The van der Waals surface area contributed by atoms with E-state index in [1.165, 1.54) is 23.2 Å². The quantitative estimate of drug-likeness (QED) is 0.853. The summed E-state index contributed by atoms with van der Waals surface area (Å²) in [5, 5.41) is 0. The number of nitrogens with two attached hydrogens (primary N) is 1. The van der Waals surface area contributed by atoms with Crippen LogP contribution >= 0.6 is 0 Å². The van der Waals surface area contributed by atoms with Gasteiger partial charge in [0.1, 0.15) is 5.75 Å². The maximum absolute atomic E-state index is 6.04. The molecule has 0 saturated carbocycles. The number of ether oxygens (including phenoxy) is 1. The van der Waals surface area contributed by atoms with E-state index in [4.69, 9.17) is 10.5 Å². The third kappa shape index (κ3) is 2.55. The van der Waals surface area contributed by atoms with Crippen LogP contribution in [0.2, 0.25) is 0 Å². The monoisotopic (exact) mass is 234 g/mol. The van der Waals surface area contributed by atoms with Gasteiger partial charge in [0.15, 0.2) is 0 Å². The summed E-state index contributed by atoms with van der Waals surface area (Å²) in [5.74, 6) is 0.965. The average molecular weight is 234 g/mol. The van der Waals surface area contributed by atoms with E-state index in [-0.39, 0.29) is 0 Å². The summed E-state index contributed by atoms with van der Waals surface area (Å²) in [5.41, 5.74) is 9.80. The molecule has 0 aromatic heterocycles. The molecule has 1 aromatic rings. The molecule has 0 aliphatic carbocycles. The second kappa shape index (κ2) is 4.96. The third-order valence-corrected chi connectivity index (χ3v) is 3.51. The second-order valence-electron chi connectivity index (χ2n) is 4.96. The van der Waals surface area contributed by atoms with E-state index >= 15 is 0 Å². The second-order valence-corrected chi connectivity index (χ2v) is 4.96. The van der Waals surface area contributed by atoms with Crippen molar-refractivity contribution in [1.29, 1.82) is 0 Å². The summed E-state index contributed by atoms with van der Waals surface area (Å²) in [4.78, 5) is 2.40. The van der Waals surface area contributed by atoms with Gasteiger partial charge in [-0.2, -0.15) is 0 Å². The van der Waals surface area contributed by atoms with Crippen LogP contribution in [-0.4, -0.2) is 26.2 Å². The van der Waals surface area contributed by atoms with Crippen LogP contribution in [0.25, 0.3) is 0 Å². The topological polar surface area (TPSA) is 38.5 Å². The van der Waals surface area contributed by atoms with Crippen LogP contribution < -0.4 is 15.4 Å². The molecule has 1 heterocycles. The van der Waals surface area contributed by atoms with Gasteiger partial charge in [0.05, 0.1) is 7.11 Å². The zero-order chi connectivity index (χ0) is 12.4. The lowest BCUT2D eigenvalue weighted by Gasteiger charge is -2.34. The Kier molecular flexibility index (Phi) is 3.57. The summed E-state index contributed by atoms with van der Waals surface area (Å²) in [6.07, 6.45) is 2.33. The predicted octanol–water partition coefficient (Wildman–Crippen LogP) is 2.24. The van der Waals surface area contributed by atoms with Crippen molar-refractivity contribution in [1.82, 2.24) is 0 Å². The molecule has 2 N–H and O–H groups in total. The van der Waals surface area contributed by atoms with E-state index in [2.05, 4.69) is 30.9 Å². The lowest BCUT2D eigenvalue weighted by Crippen LogP contribution is -2.43. The summed E-state index contributed by atoms with van der Waals surface area (Å²) in [7, 11) is 1.72. The van der Waals surface area contributed by atoms with E-state index in [9.17, 15) is 0 Å². The molecule has 1 fully saturated rings. The SMILES string of the molecule is COc1cc(C)c(N2CCCC(N)C2)cc1C. The number of rotatable bonds is 2. The molecular formula is C14H22N2O. The molecule has 1 aliphatic heterocycles. The van der Waals surface area contributed by atoms with Crippen LogP contribution in [0.4, 0.5) is 5.69 Å². The van der Waals surface area contributed by atoms with Crippen LogP contribution in [0.3, 0.4) is 0 Å². The number of nitrogens with zero attached hydrogens (tertiary/aromatic N) is 1. The molecule has 2 rings (SSSR count). The lowest BCUT2D eigenvalue weighted by molar-refractivity contribution is 0.411. The van der Waals surface area contributed by atoms with Crippen LogP contribution in [0.5, 0.6) is 5.75 Å². The third-order valence-electron chi connectivity index (χ3n) is 3.51. The number of aryl methyl sites for hydroxylation is 2. The zero-order valence-electron chi connectivity index (χ0n) is 11.0. The van der Waals surface area contributed by atoms with Gasteiger partial charge in [-0.05, 0) is 49.9 Å². The van der Waals surface area contributed by atoms with Gasteiger partial charge in [0.2, 0.25) is 0 Å². The maximum Gasteiger partial charge on any atom is 0.122 e. The Labute approximate surface area is 104 Å². The van der Waals surface area contributed by atoms with Gasteiger partial charge in [-0.1, -0.05) is 0 Å². The van der Waals surface area contributed by atoms with Crippen molar-refractivity contribution >= 4 is 5.69 Å². The highest BCUT2D eigenvalue weighted by molar-refractivity contribution is 5.59. The summed E-state index contributed by atoms with van der Waals surface area (Å²) in [6, 6.07) is 4.64. The van der Waals surface area contributed by atoms with Crippen molar-refractivity contribution in [3.8, 4) is 5.75 Å². The molecule has 0 radical (unpaired) electrons. The molecule has 1 unspecified atom stereocenters. The van der Waals surface area contributed by atoms with E-state index in [0.717, 1.165) is 25.3 Å². The normalized spacial score (nSPS) is 20.5. The number of anilines is 1. The minimum absolute atomic E-state index is 0.311. The van der Waals surface area contributed by atoms with Gasteiger partial charge in [-0.3, -0.25) is 0 Å². The van der Waals surface area contributed by atoms with Gasteiger partial charge in [-0.25, -0.2) is 0 Å². The fourth-order valence-electron chi connectivity index (χ4n) is 2.56. The van der Waals surface area contributed by atoms with Crippen LogP contribution in [-0.2, 0) is 0 Å². The minimum Gasteiger partial charge on any atom is -0.496 e. The van der Waals surface area contributed by atoms with Gasteiger partial charge in [0.25, 0.3) is 0 Å². The molecule has 3 nitrogen and oxygen atoms in total. The first-order valence-corrected chi connectivity index (χ1v) is 6.27. The van der Waals surface area contributed by atoms with Gasteiger partial charge in [-0.15, -0.1) is 0 Å². The number of hydrogen-bond acceptors (Lipinski definition) is 3. The van der Waals surface area contributed by atoms with E-state index in [1.807, 2.05) is 0 Å². The summed E-state index contributed by atoms with van der Waals surface area (Å²) < 4.78 is 5.35. The molecule has 0 bridgehead atoms. The Morgan fingerprint density at radius 3 is 2.71 bits per heavy atom. The average Bonchev–Trinajstić information content (AvgIpc) is 2.31. The Hall–Kier alpha value is -1.22. The van der Waals surface area contributed by atoms with E-state index in [1.54, 1.807) is 7.11 Å². The van der Waals surface area contributed by atoms with E-state index < -0.39 is 0 Å².